The van der Waals surface area contributed by atoms with Gasteiger partial charge in [-0.05, 0) is 55.6 Å². The first-order valence-corrected chi connectivity index (χ1v) is 9.62. The van der Waals surface area contributed by atoms with Crippen molar-refractivity contribution in [1.29, 1.82) is 0 Å². The number of pyridine rings is 1. The molecule has 0 atom stereocenters. The Balaban J connectivity index is 1.80. The van der Waals surface area contributed by atoms with Crippen LogP contribution in [0.25, 0.3) is 21.7 Å². The lowest BCUT2D eigenvalue weighted by Crippen LogP contribution is -2.01. The van der Waals surface area contributed by atoms with E-state index in [-0.39, 0.29) is 0 Å². The van der Waals surface area contributed by atoms with Gasteiger partial charge in [-0.2, -0.15) is 0 Å². The summed E-state index contributed by atoms with van der Waals surface area (Å²) in [7, 11) is 0. The number of aryl methyl sites for hydroxylation is 2. The lowest BCUT2D eigenvalue weighted by Gasteiger charge is -2.08. The molecule has 8 heteroatoms. The Morgan fingerprint density at radius 2 is 2.04 bits per heavy atom. The monoisotopic (exact) mass is 368 g/mol. The standard InChI is InChI=1S/C17H16N6S2/c1-4-23-14(12-7-5-6-8-18-12)21-22-17(23)25-16-13-10(2)9-24-15(13)19-11(3)20-16/h5-9H,4H2,1-3H3. The number of hydrogen-bond donors (Lipinski definition) is 0. The summed E-state index contributed by atoms with van der Waals surface area (Å²) in [6.45, 7) is 6.85. The Bertz CT molecular complexity index is 1040. The molecule has 0 fully saturated rings. The zero-order valence-electron chi connectivity index (χ0n) is 14.1. The zero-order chi connectivity index (χ0) is 17.4. The normalized spacial score (nSPS) is 11.3. The van der Waals surface area contributed by atoms with Gasteiger partial charge in [-0.1, -0.05) is 6.07 Å². The van der Waals surface area contributed by atoms with E-state index in [1.165, 1.54) is 17.3 Å². The van der Waals surface area contributed by atoms with E-state index >= 15 is 0 Å². The van der Waals surface area contributed by atoms with Crippen molar-refractivity contribution in [3.8, 4) is 11.5 Å². The van der Waals surface area contributed by atoms with E-state index in [1.54, 1.807) is 17.5 Å². The molecule has 0 N–H and O–H groups in total. The van der Waals surface area contributed by atoms with E-state index in [1.807, 2.05) is 25.1 Å². The number of nitrogens with zero attached hydrogens (tertiary/aromatic N) is 6. The second-order valence-electron chi connectivity index (χ2n) is 5.54. The molecule has 4 aromatic rings. The van der Waals surface area contributed by atoms with Crippen LogP contribution < -0.4 is 0 Å². The molecule has 126 valence electrons. The van der Waals surface area contributed by atoms with Gasteiger partial charge in [-0.25, -0.2) is 9.97 Å². The minimum absolute atomic E-state index is 0.761. The van der Waals surface area contributed by atoms with Gasteiger partial charge in [0.1, 0.15) is 21.4 Å². The van der Waals surface area contributed by atoms with Crippen molar-refractivity contribution in [2.75, 3.05) is 0 Å². The summed E-state index contributed by atoms with van der Waals surface area (Å²) in [6, 6.07) is 5.79. The highest BCUT2D eigenvalue weighted by Gasteiger charge is 2.18. The van der Waals surface area contributed by atoms with E-state index < -0.39 is 0 Å². The lowest BCUT2D eigenvalue weighted by molar-refractivity contribution is 0.685. The largest absolute Gasteiger partial charge is 0.301 e. The van der Waals surface area contributed by atoms with Crippen molar-refractivity contribution >= 4 is 33.3 Å². The fraction of sp³-hybridized carbons (Fsp3) is 0.235. The molecule has 4 heterocycles. The van der Waals surface area contributed by atoms with Gasteiger partial charge in [0.25, 0.3) is 0 Å². The van der Waals surface area contributed by atoms with Crippen LogP contribution >= 0.6 is 23.1 Å². The first-order chi connectivity index (χ1) is 12.2. The molecule has 0 saturated heterocycles. The molecule has 0 amide bonds. The van der Waals surface area contributed by atoms with Crippen LogP contribution in [0.5, 0.6) is 0 Å². The van der Waals surface area contributed by atoms with Crippen molar-refractivity contribution in [3.63, 3.8) is 0 Å². The van der Waals surface area contributed by atoms with E-state index in [9.17, 15) is 0 Å². The van der Waals surface area contributed by atoms with Crippen molar-refractivity contribution in [3.05, 3.63) is 41.2 Å². The molecule has 0 aromatic carbocycles. The molecule has 0 aliphatic heterocycles. The third kappa shape index (κ3) is 2.91. The number of rotatable bonds is 4. The molecule has 0 radical (unpaired) electrons. The van der Waals surface area contributed by atoms with Gasteiger partial charge < -0.3 is 4.57 Å². The molecule has 4 rings (SSSR count). The number of fused-ring (bicyclic) bond motifs is 1. The van der Waals surface area contributed by atoms with Gasteiger partial charge in [0.2, 0.25) is 0 Å². The van der Waals surface area contributed by atoms with Crippen LogP contribution in [0.15, 0.2) is 40.0 Å². The second kappa shape index (κ2) is 6.53. The van der Waals surface area contributed by atoms with Crippen molar-refractivity contribution < 1.29 is 0 Å². The van der Waals surface area contributed by atoms with Crippen LogP contribution in [0.3, 0.4) is 0 Å². The summed E-state index contributed by atoms with van der Waals surface area (Å²) in [5.41, 5.74) is 2.01. The van der Waals surface area contributed by atoms with Crippen LogP contribution in [-0.4, -0.2) is 29.7 Å². The fourth-order valence-electron chi connectivity index (χ4n) is 2.64. The third-order valence-electron chi connectivity index (χ3n) is 3.81. The highest BCUT2D eigenvalue weighted by atomic mass is 32.2. The Hall–Kier alpha value is -2.32. The molecule has 0 unspecified atom stereocenters. The second-order valence-corrected chi connectivity index (χ2v) is 7.36. The summed E-state index contributed by atoms with van der Waals surface area (Å²) < 4.78 is 2.07. The quantitative estimate of drug-likeness (QED) is 0.504. The third-order valence-corrected chi connectivity index (χ3v) is 5.77. The maximum absolute atomic E-state index is 4.65. The average Bonchev–Trinajstić information content (AvgIpc) is 3.19. The average molecular weight is 368 g/mol. The molecule has 0 saturated carbocycles. The van der Waals surface area contributed by atoms with Gasteiger partial charge in [-0.3, -0.25) is 4.98 Å². The molecule has 0 aliphatic carbocycles. The topological polar surface area (TPSA) is 69.4 Å². The van der Waals surface area contributed by atoms with E-state index in [4.69, 9.17) is 0 Å². The highest BCUT2D eigenvalue weighted by molar-refractivity contribution is 7.99. The van der Waals surface area contributed by atoms with E-state index in [2.05, 4.69) is 48.9 Å². The first-order valence-electron chi connectivity index (χ1n) is 7.92. The molecule has 0 aliphatic rings. The Kier molecular flexibility index (Phi) is 4.22. The van der Waals surface area contributed by atoms with Gasteiger partial charge in [0.15, 0.2) is 11.0 Å². The maximum atomic E-state index is 4.65. The van der Waals surface area contributed by atoms with Crippen LogP contribution in [-0.2, 0) is 6.54 Å². The maximum Gasteiger partial charge on any atom is 0.197 e. The minimum atomic E-state index is 0.761. The number of aromatic nitrogens is 6. The van der Waals surface area contributed by atoms with Crippen molar-refractivity contribution in [2.24, 2.45) is 0 Å². The van der Waals surface area contributed by atoms with Crippen molar-refractivity contribution in [1.82, 2.24) is 29.7 Å². The first kappa shape index (κ1) is 16.2. The Morgan fingerprint density at radius 1 is 1.16 bits per heavy atom. The summed E-state index contributed by atoms with van der Waals surface area (Å²) in [6.07, 6.45) is 1.77. The van der Waals surface area contributed by atoms with Crippen molar-refractivity contribution in [2.45, 2.75) is 37.5 Å². The predicted octanol–water partition coefficient (Wildman–Crippen LogP) is 4.13. The molecular weight excluding hydrogens is 352 g/mol. The van der Waals surface area contributed by atoms with Gasteiger partial charge >= 0.3 is 0 Å². The lowest BCUT2D eigenvalue weighted by atomic mass is 10.3. The highest BCUT2D eigenvalue weighted by Crippen LogP contribution is 2.36. The molecule has 6 nitrogen and oxygen atoms in total. The number of hydrogen-bond acceptors (Lipinski definition) is 7. The van der Waals surface area contributed by atoms with Gasteiger partial charge in [0, 0.05) is 18.1 Å². The molecule has 25 heavy (non-hydrogen) atoms. The fourth-order valence-corrected chi connectivity index (χ4v) is 4.79. The SMILES string of the molecule is CCn1c(Sc2nc(C)nc3scc(C)c23)nnc1-c1ccccn1. The Labute approximate surface area is 153 Å². The van der Waals surface area contributed by atoms with Gasteiger partial charge in [-0.15, -0.1) is 21.5 Å². The minimum Gasteiger partial charge on any atom is -0.301 e. The zero-order valence-corrected chi connectivity index (χ0v) is 15.7. The molecule has 0 spiro atoms. The van der Waals surface area contributed by atoms with Crippen LogP contribution in [0.1, 0.15) is 18.3 Å². The van der Waals surface area contributed by atoms with E-state index in [0.717, 1.165) is 44.3 Å². The molecule has 0 bridgehead atoms. The van der Waals surface area contributed by atoms with Crippen LogP contribution in [0.2, 0.25) is 0 Å². The Morgan fingerprint density at radius 3 is 2.80 bits per heavy atom. The van der Waals surface area contributed by atoms with Gasteiger partial charge in [0.05, 0.1) is 0 Å². The smallest absolute Gasteiger partial charge is 0.197 e. The summed E-state index contributed by atoms with van der Waals surface area (Å²) in [5.74, 6) is 1.54. The summed E-state index contributed by atoms with van der Waals surface area (Å²) in [5, 5.41) is 13.7. The molecular formula is C17H16N6S2. The summed E-state index contributed by atoms with van der Waals surface area (Å²) in [4.78, 5) is 14.6. The number of thiophene rings is 1. The van der Waals surface area contributed by atoms with Crippen LogP contribution in [0, 0.1) is 13.8 Å². The predicted molar refractivity (Wildman–Crippen MR) is 99.9 cm³/mol. The summed E-state index contributed by atoms with van der Waals surface area (Å²) >= 11 is 3.18. The molecule has 4 aromatic heterocycles. The van der Waals surface area contributed by atoms with E-state index in [0.29, 0.717) is 0 Å². The van der Waals surface area contributed by atoms with Crippen LogP contribution in [0.4, 0.5) is 0 Å².